The Morgan fingerprint density at radius 3 is 2.20 bits per heavy atom. The van der Waals surface area contributed by atoms with Gasteiger partial charge in [-0.05, 0) is 20.8 Å². The van der Waals surface area contributed by atoms with E-state index in [4.69, 9.17) is 9.47 Å². The molecule has 0 aliphatic rings. The van der Waals surface area contributed by atoms with Crippen molar-refractivity contribution in [3.05, 3.63) is 0 Å². The maximum atomic E-state index is 11.3. The van der Waals surface area contributed by atoms with Crippen LogP contribution in [0.1, 0.15) is 41.0 Å². The summed E-state index contributed by atoms with van der Waals surface area (Å²) in [5.74, 6) is -0.432. The Hall–Kier alpha value is -1.26. The summed E-state index contributed by atoms with van der Waals surface area (Å²) in [6.45, 7) is 8.38. The topological polar surface area (TPSA) is 64.6 Å². The van der Waals surface area contributed by atoms with Crippen LogP contribution in [0.3, 0.4) is 0 Å². The lowest BCUT2D eigenvalue weighted by molar-refractivity contribution is -0.147. The van der Waals surface area contributed by atoms with E-state index >= 15 is 0 Å². The molecule has 5 nitrogen and oxygen atoms in total. The highest BCUT2D eigenvalue weighted by molar-refractivity contribution is 5.69. The second-order valence-electron chi connectivity index (χ2n) is 4.15. The SMILES string of the molecule is CC[C@H](NC(=O)OC(C)(C)C)OC(C)=O. The lowest BCUT2D eigenvalue weighted by Crippen LogP contribution is -2.40. The lowest BCUT2D eigenvalue weighted by atomic mass is 10.2. The summed E-state index contributed by atoms with van der Waals surface area (Å²) in [4.78, 5) is 22.0. The summed E-state index contributed by atoms with van der Waals surface area (Å²) in [6.07, 6.45) is -0.716. The number of hydrogen-bond acceptors (Lipinski definition) is 4. The number of ether oxygens (including phenoxy) is 2. The predicted octanol–water partition coefficient (Wildman–Crippen LogP) is 1.81. The molecular formula is C10H19NO4. The molecule has 1 amide bonds. The van der Waals surface area contributed by atoms with Gasteiger partial charge in [-0.3, -0.25) is 10.1 Å². The first-order chi connectivity index (χ1) is 6.74. The maximum Gasteiger partial charge on any atom is 0.410 e. The van der Waals surface area contributed by atoms with Crippen molar-refractivity contribution in [2.75, 3.05) is 0 Å². The largest absolute Gasteiger partial charge is 0.444 e. The Morgan fingerprint density at radius 2 is 1.87 bits per heavy atom. The molecule has 1 atom stereocenters. The summed E-state index contributed by atoms with van der Waals surface area (Å²) in [5, 5.41) is 2.45. The number of nitrogens with one attached hydrogen (secondary N) is 1. The van der Waals surface area contributed by atoms with Gasteiger partial charge in [0.2, 0.25) is 0 Å². The predicted molar refractivity (Wildman–Crippen MR) is 55.2 cm³/mol. The minimum atomic E-state index is -0.627. The lowest BCUT2D eigenvalue weighted by Gasteiger charge is -2.22. The zero-order valence-electron chi connectivity index (χ0n) is 9.92. The van der Waals surface area contributed by atoms with Crippen molar-refractivity contribution in [2.45, 2.75) is 52.9 Å². The molecule has 0 aliphatic carbocycles. The molecule has 0 fully saturated rings. The molecule has 0 aliphatic heterocycles. The van der Waals surface area contributed by atoms with Crippen LogP contribution >= 0.6 is 0 Å². The molecule has 0 radical (unpaired) electrons. The first-order valence-electron chi connectivity index (χ1n) is 4.91. The normalized spacial score (nSPS) is 12.9. The van der Waals surface area contributed by atoms with Crippen LogP contribution in [0.25, 0.3) is 0 Å². The maximum absolute atomic E-state index is 11.3. The molecule has 0 bridgehead atoms. The highest BCUT2D eigenvalue weighted by Crippen LogP contribution is 2.07. The first-order valence-corrected chi connectivity index (χ1v) is 4.91. The van der Waals surface area contributed by atoms with E-state index in [0.29, 0.717) is 6.42 Å². The van der Waals surface area contributed by atoms with E-state index < -0.39 is 23.9 Å². The monoisotopic (exact) mass is 217 g/mol. The van der Waals surface area contributed by atoms with Crippen molar-refractivity contribution in [1.29, 1.82) is 0 Å². The summed E-state index contributed by atoms with van der Waals surface area (Å²) >= 11 is 0. The third kappa shape index (κ3) is 7.78. The molecule has 0 rings (SSSR count). The van der Waals surface area contributed by atoms with Gasteiger partial charge in [0, 0.05) is 13.3 Å². The summed E-state index contributed by atoms with van der Waals surface area (Å²) in [7, 11) is 0. The Bertz CT molecular complexity index is 232. The second kappa shape index (κ2) is 5.58. The molecule has 0 unspecified atom stereocenters. The Morgan fingerprint density at radius 1 is 1.33 bits per heavy atom. The highest BCUT2D eigenvalue weighted by atomic mass is 16.6. The molecule has 0 saturated carbocycles. The number of esters is 1. The van der Waals surface area contributed by atoms with Gasteiger partial charge in [0.15, 0.2) is 6.23 Å². The molecule has 88 valence electrons. The number of alkyl carbamates (subject to hydrolysis) is 1. The van der Waals surface area contributed by atoms with Crippen LogP contribution in [-0.4, -0.2) is 23.9 Å². The molecular weight excluding hydrogens is 198 g/mol. The number of amides is 1. The van der Waals surface area contributed by atoms with Crippen LogP contribution in [0.15, 0.2) is 0 Å². The zero-order valence-corrected chi connectivity index (χ0v) is 9.92. The summed E-state index contributed by atoms with van der Waals surface area (Å²) < 4.78 is 9.84. The molecule has 1 N–H and O–H groups in total. The molecule has 15 heavy (non-hydrogen) atoms. The summed E-state index contributed by atoms with van der Waals surface area (Å²) in [5.41, 5.74) is -0.557. The highest BCUT2D eigenvalue weighted by Gasteiger charge is 2.19. The van der Waals surface area contributed by atoms with Gasteiger partial charge in [0.05, 0.1) is 0 Å². The van der Waals surface area contributed by atoms with E-state index in [-0.39, 0.29) is 0 Å². The van der Waals surface area contributed by atoms with Crippen molar-refractivity contribution >= 4 is 12.1 Å². The van der Waals surface area contributed by atoms with Crippen LogP contribution in [0, 0.1) is 0 Å². The third-order valence-corrected chi connectivity index (χ3v) is 1.36. The average molecular weight is 217 g/mol. The average Bonchev–Trinajstić information content (AvgIpc) is 1.98. The van der Waals surface area contributed by atoms with E-state index in [9.17, 15) is 9.59 Å². The zero-order chi connectivity index (χ0) is 12.1. The van der Waals surface area contributed by atoms with Gasteiger partial charge in [-0.2, -0.15) is 0 Å². The molecule has 0 spiro atoms. The molecule has 0 saturated heterocycles. The van der Waals surface area contributed by atoms with E-state index in [1.807, 2.05) is 0 Å². The van der Waals surface area contributed by atoms with Crippen molar-refractivity contribution in [3.63, 3.8) is 0 Å². The van der Waals surface area contributed by atoms with Crippen LogP contribution in [0.5, 0.6) is 0 Å². The quantitative estimate of drug-likeness (QED) is 0.578. The van der Waals surface area contributed by atoms with Gasteiger partial charge in [-0.15, -0.1) is 0 Å². The smallest absolute Gasteiger partial charge is 0.410 e. The number of carbonyl (C=O) groups excluding carboxylic acids is 2. The molecule has 0 aromatic rings. The van der Waals surface area contributed by atoms with Gasteiger partial charge in [-0.25, -0.2) is 4.79 Å². The molecule has 0 aromatic carbocycles. The Balaban J connectivity index is 4.07. The van der Waals surface area contributed by atoms with Crippen molar-refractivity contribution in [1.82, 2.24) is 5.32 Å². The molecule has 0 aromatic heterocycles. The fourth-order valence-electron chi connectivity index (χ4n) is 0.854. The number of carbonyl (C=O) groups is 2. The van der Waals surface area contributed by atoms with E-state index in [1.165, 1.54) is 6.92 Å². The number of rotatable bonds is 3. The standard InChI is InChI=1S/C10H19NO4/c1-6-8(14-7(2)12)11-9(13)15-10(3,4)5/h8H,6H2,1-5H3,(H,11,13)/t8-/m1/s1. The van der Waals surface area contributed by atoms with Crippen molar-refractivity contribution < 1.29 is 19.1 Å². The first kappa shape index (κ1) is 13.7. The fraction of sp³-hybridized carbons (Fsp3) is 0.800. The van der Waals surface area contributed by atoms with E-state index in [2.05, 4.69) is 5.32 Å². The fourth-order valence-corrected chi connectivity index (χ4v) is 0.854. The van der Waals surface area contributed by atoms with Crippen LogP contribution in [0.2, 0.25) is 0 Å². The molecule has 5 heteroatoms. The Kier molecular flexibility index (Phi) is 5.11. The minimum Gasteiger partial charge on any atom is -0.444 e. The van der Waals surface area contributed by atoms with Gasteiger partial charge in [-0.1, -0.05) is 6.92 Å². The van der Waals surface area contributed by atoms with Gasteiger partial charge < -0.3 is 9.47 Å². The van der Waals surface area contributed by atoms with Crippen molar-refractivity contribution in [3.8, 4) is 0 Å². The van der Waals surface area contributed by atoms with Crippen LogP contribution < -0.4 is 5.32 Å². The second-order valence-corrected chi connectivity index (χ2v) is 4.15. The molecule has 0 heterocycles. The Labute approximate surface area is 90.1 Å². The van der Waals surface area contributed by atoms with Gasteiger partial charge >= 0.3 is 12.1 Å². The summed E-state index contributed by atoms with van der Waals surface area (Å²) in [6, 6.07) is 0. The van der Waals surface area contributed by atoms with Gasteiger partial charge in [0.1, 0.15) is 5.60 Å². The van der Waals surface area contributed by atoms with Gasteiger partial charge in [0.25, 0.3) is 0 Å². The van der Waals surface area contributed by atoms with Crippen LogP contribution in [0.4, 0.5) is 4.79 Å². The van der Waals surface area contributed by atoms with E-state index in [1.54, 1.807) is 27.7 Å². The minimum absolute atomic E-state index is 0.432. The van der Waals surface area contributed by atoms with Crippen molar-refractivity contribution in [2.24, 2.45) is 0 Å². The third-order valence-electron chi connectivity index (χ3n) is 1.36. The number of hydrogen-bond donors (Lipinski definition) is 1. The van der Waals surface area contributed by atoms with E-state index in [0.717, 1.165) is 0 Å². The van der Waals surface area contributed by atoms with Crippen LogP contribution in [-0.2, 0) is 14.3 Å².